The molecule has 2 N–H and O–H groups in total. The Kier molecular flexibility index (Phi) is 4.49. The molecule has 8 heteroatoms. The predicted octanol–water partition coefficient (Wildman–Crippen LogP) is -0.269. The number of rotatable bonds is 3. The van der Waals surface area contributed by atoms with Crippen molar-refractivity contribution < 1.29 is 14.3 Å². The predicted molar refractivity (Wildman–Crippen MR) is 86.4 cm³/mol. The van der Waals surface area contributed by atoms with Gasteiger partial charge < -0.3 is 19.6 Å². The van der Waals surface area contributed by atoms with Crippen molar-refractivity contribution in [1.29, 1.82) is 0 Å². The van der Waals surface area contributed by atoms with Gasteiger partial charge >= 0.3 is 0 Å². The maximum Gasteiger partial charge on any atom is 0.267 e. The van der Waals surface area contributed by atoms with Gasteiger partial charge in [-0.2, -0.15) is 0 Å². The minimum atomic E-state index is -0.421. The van der Waals surface area contributed by atoms with E-state index in [0.29, 0.717) is 44.5 Å². The number of aromatic nitrogens is 2. The van der Waals surface area contributed by atoms with Crippen molar-refractivity contribution in [1.82, 2.24) is 20.0 Å². The molecule has 2 aliphatic rings. The Bertz CT molecular complexity index is 672. The fourth-order valence-electron chi connectivity index (χ4n) is 3.88. The van der Waals surface area contributed by atoms with Gasteiger partial charge in [0.2, 0.25) is 11.8 Å². The van der Waals surface area contributed by atoms with Gasteiger partial charge in [-0.3, -0.25) is 19.5 Å². The van der Waals surface area contributed by atoms with Crippen molar-refractivity contribution in [3.05, 3.63) is 22.1 Å². The van der Waals surface area contributed by atoms with Gasteiger partial charge in [-0.1, -0.05) is 0 Å². The van der Waals surface area contributed by atoms with E-state index in [4.69, 9.17) is 4.74 Å². The molecule has 2 saturated heterocycles. The van der Waals surface area contributed by atoms with Crippen molar-refractivity contribution in [2.24, 2.45) is 5.41 Å². The van der Waals surface area contributed by atoms with Crippen LogP contribution in [0, 0.1) is 5.41 Å². The number of likely N-dealkylation sites (tertiary alicyclic amines) is 2. The van der Waals surface area contributed by atoms with Gasteiger partial charge in [-0.05, 0) is 19.3 Å². The Morgan fingerprint density at radius 3 is 2.67 bits per heavy atom. The molecule has 0 aromatic carbocycles. The van der Waals surface area contributed by atoms with Crippen LogP contribution >= 0.6 is 0 Å². The number of carbonyl (C=O) groups is 2. The van der Waals surface area contributed by atoms with Gasteiger partial charge in [0, 0.05) is 45.6 Å². The summed E-state index contributed by atoms with van der Waals surface area (Å²) in [7, 11) is 3.49. The molecule has 2 amide bonds. The fourth-order valence-corrected chi connectivity index (χ4v) is 3.88. The van der Waals surface area contributed by atoms with Crippen molar-refractivity contribution in [3.8, 4) is 0 Å². The molecule has 1 aromatic rings. The molecule has 2 aliphatic heterocycles. The van der Waals surface area contributed by atoms with Gasteiger partial charge in [-0.25, -0.2) is 0 Å². The lowest BCUT2D eigenvalue weighted by molar-refractivity contribution is -0.158. The molecule has 1 spiro atoms. The Morgan fingerprint density at radius 2 is 2.08 bits per heavy atom. The number of H-pyrrole nitrogens is 2. The van der Waals surface area contributed by atoms with E-state index in [1.54, 1.807) is 16.9 Å². The molecular formula is C16H24N4O4. The fraction of sp³-hybridized carbons (Fsp3) is 0.688. The van der Waals surface area contributed by atoms with Crippen molar-refractivity contribution in [3.63, 3.8) is 0 Å². The normalized spacial score (nSPS) is 23.8. The standard InChI is InChI=1S/C16H24N4O4/c1-19-10-12(24-2)8-16(15(19)23)3-5-20(6-4-16)13(21)7-11-9-17-18-14(11)22/h9,12H,3-8,10H2,1-2H3,(H2,17,18,22). The summed E-state index contributed by atoms with van der Waals surface area (Å²) in [5.41, 5.74) is -0.243. The van der Waals surface area contributed by atoms with Gasteiger partial charge in [0.1, 0.15) is 0 Å². The van der Waals surface area contributed by atoms with Gasteiger partial charge in [-0.15, -0.1) is 0 Å². The summed E-state index contributed by atoms with van der Waals surface area (Å²) < 4.78 is 5.48. The first-order chi connectivity index (χ1) is 11.4. The largest absolute Gasteiger partial charge is 0.380 e. The van der Waals surface area contributed by atoms with Crippen LogP contribution in [0.4, 0.5) is 0 Å². The maximum absolute atomic E-state index is 12.7. The lowest BCUT2D eigenvalue weighted by Crippen LogP contribution is -2.57. The first-order valence-electron chi connectivity index (χ1n) is 8.26. The highest BCUT2D eigenvalue weighted by Gasteiger charge is 2.48. The van der Waals surface area contributed by atoms with E-state index < -0.39 is 5.41 Å². The number of carbonyl (C=O) groups excluding carboxylic acids is 2. The van der Waals surface area contributed by atoms with Gasteiger partial charge in [0.25, 0.3) is 5.56 Å². The summed E-state index contributed by atoms with van der Waals surface area (Å²) in [6, 6.07) is 0. The van der Waals surface area contributed by atoms with E-state index in [-0.39, 0.29) is 29.9 Å². The summed E-state index contributed by atoms with van der Waals surface area (Å²) in [5.74, 6) is 0.0832. The van der Waals surface area contributed by atoms with Gasteiger partial charge in [0.15, 0.2) is 0 Å². The molecule has 2 fully saturated rings. The summed E-state index contributed by atoms with van der Waals surface area (Å²) >= 11 is 0. The Labute approximate surface area is 140 Å². The molecule has 0 saturated carbocycles. The lowest BCUT2D eigenvalue weighted by Gasteiger charge is -2.47. The highest BCUT2D eigenvalue weighted by Crippen LogP contribution is 2.41. The second-order valence-corrected chi connectivity index (χ2v) is 6.85. The van der Waals surface area contributed by atoms with Crippen molar-refractivity contribution in [2.75, 3.05) is 33.8 Å². The molecule has 3 rings (SSSR count). The molecule has 0 aliphatic carbocycles. The molecule has 1 atom stereocenters. The molecular weight excluding hydrogens is 312 g/mol. The van der Waals surface area contributed by atoms with Crippen LogP contribution in [0.2, 0.25) is 0 Å². The van der Waals surface area contributed by atoms with Crippen LogP contribution in [-0.4, -0.2) is 71.7 Å². The minimum Gasteiger partial charge on any atom is -0.380 e. The van der Waals surface area contributed by atoms with Crippen molar-refractivity contribution >= 4 is 11.8 Å². The average molecular weight is 336 g/mol. The third-order valence-electron chi connectivity index (χ3n) is 5.37. The number of nitrogens with zero attached hydrogens (tertiary/aromatic N) is 2. The van der Waals surface area contributed by atoms with Crippen LogP contribution < -0.4 is 5.56 Å². The number of aromatic amines is 2. The van der Waals surface area contributed by atoms with Crippen LogP contribution in [0.25, 0.3) is 0 Å². The van der Waals surface area contributed by atoms with E-state index in [2.05, 4.69) is 10.2 Å². The van der Waals surface area contributed by atoms with Crippen LogP contribution in [0.15, 0.2) is 11.0 Å². The highest BCUT2D eigenvalue weighted by molar-refractivity contribution is 5.84. The molecule has 24 heavy (non-hydrogen) atoms. The molecule has 132 valence electrons. The molecule has 1 aromatic heterocycles. The molecule has 0 bridgehead atoms. The van der Waals surface area contributed by atoms with E-state index in [1.807, 2.05) is 7.05 Å². The lowest BCUT2D eigenvalue weighted by atomic mass is 9.71. The van der Waals surface area contributed by atoms with Crippen LogP contribution in [0.3, 0.4) is 0 Å². The monoisotopic (exact) mass is 336 g/mol. The Morgan fingerprint density at radius 1 is 1.38 bits per heavy atom. The van der Waals surface area contributed by atoms with E-state index in [0.717, 1.165) is 0 Å². The zero-order valence-electron chi connectivity index (χ0n) is 14.1. The highest BCUT2D eigenvalue weighted by atomic mass is 16.5. The first kappa shape index (κ1) is 16.8. The van der Waals surface area contributed by atoms with E-state index in [9.17, 15) is 14.4 Å². The second-order valence-electron chi connectivity index (χ2n) is 6.85. The number of hydrogen-bond acceptors (Lipinski definition) is 4. The maximum atomic E-state index is 12.7. The number of methoxy groups -OCH3 is 1. The quantitative estimate of drug-likeness (QED) is 0.794. The third kappa shape index (κ3) is 2.98. The average Bonchev–Trinajstić information content (AvgIpc) is 2.97. The third-order valence-corrected chi connectivity index (χ3v) is 5.37. The topological polar surface area (TPSA) is 98.5 Å². The molecule has 8 nitrogen and oxygen atoms in total. The zero-order valence-corrected chi connectivity index (χ0v) is 14.1. The summed E-state index contributed by atoms with van der Waals surface area (Å²) in [6.07, 6.45) is 3.66. The SMILES string of the molecule is COC1CN(C)C(=O)C2(CCN(C(=O)Cc3c[nH][nH]c3=O)CC2)C1. The van der Waals surface area contributed by atoms with Gasteiger partial charge in [0.05, 0.1) is 17.9 Å². The molecule has 3 heterocycles. The summed E-state index contributed by atoms with van der Waals surface area (Å²) in [4.78, 5) is 40.1. The Hall–Kier alpha value is -2.09. The smallest absolute Gasteiger partial charge is 0.267 e. The van der Waals surface area contributed by atoms with E-state index >= 15 is 0 Å². The summed E-state index contributed by atoms with van der Waals surface area (Å²) in [5, 5.41) is 5.03. The first-order valence-corrected chi connectivity index (χ1v) is 8.26. The van der Waals surface area contributed by atoms with Crippen molar-refractivity contribution in [2.45, 2.75) is 31.8 Å². The molecule has 1 unspecified atom stereocenters. The number of hydrogen-bond donors (Lipinski definition) is 2. The number of nitrogens with one attached hydrogen (secondary N) is 2. The number of ether oxygens (including phenoxy) is 1. The second kappa shape index (κ2) is 6.43. The zero-order chi connectivity index (χ0) is 17.3. The Balaban J connectivity index is 1.64. The number of likely N-dealkylation sites (N-methyl/N-ethyl adjacent to an activating group) is 1. The molecule has 0 radical (unpaired) electrons. The van der Waals surface area contributed by atoms with Crippen LogP contribution in [-0.2, 0) is 20.7 Å². The van der Waals surface area contributed by atoms with Crippen LogP contribution in [0.1, 0.15) is 24.8 Å². The number of amides is 2. The van der Waals surface area contributed by atoms with E-state index in [1.165, 1.54) is 6.20 Å². The van der Waals surface area contributed by atoms with Crippen LogP contribution in [0.5, 0.6) is 0 Å². The number of piperidine rings is 2. The summed E-state index contributed by atoms with van der Waals surface area (Å²) in [6.45, 7) is 1.70. The minimum absolute atomic E-state index is 0.0494.